The molecule has 0 fully saturated rings. The van der Waals surface area contributed by atoms with Gasteiger partial charge in [0.25, 0.3) is 15.9 Å². The van der Waals surface area contributed by atoms with Crippen molar-refractivity contribution in [2.45, 2.75) is 4.90 Å². The summed E-state index contributed by atoms with van der Waals surface area (Å²) in [4.78, 5) is 21.0. The standard InChI is InChI=1S/C20H16N6O3S/c27-20(18-10-5-11-22-19(18)26-14-21-13-23-26)24-15-6-4-7-16(12-15)25-30(28,29)17-8-2-1-3-9-17/h1-14,25H,(H,24,27). The second-order valence-corrected chi connectivity index (χ2v) is 7.85. The lowest BCUT2D eigenvalue weighted by Gasteiger charge is -2.11. The number of nitrogens with one attached hydrogen (secondary N) is 2. The maximum atomic E-state index is 12.8. The Morgan fingerprint density at radius 3 is 2.50 bits per heavy atom. The van der Waals surface area contributed by atoms with E-state index in [2.05, 4.69) is 25.1 Å². The van der Waals surface area contributed by atoms with Gasteiger partial charge >= 0.3 is 0 Å². The Morgan fingerprint density at radius 1 is 0.933 bits per heavy atom. The van der Waals surface area contributed by atoms with Crippen LogP contribution < -0.4 is 10.0 Å². The molecule has 150 valence electrons. The van der Waals surface area contributed by atoms with Gasteiger partial charge in [0.15, 0.2) is 5.82 Å². The van der Waals surface area contributed by atoms with Crippen molar-refractivity contribution in [3.63, 3.8) is 0 Å². The molecule has 1 amide bonds. The Balaban J connectivity index is 1.55. The Morgan fingerprint density at radius 2 is 1.73 bits per heavy atom. The second-order valence-electron chi connectivity index (χ2n) is 6.17. The van der Waals surface area contributed by atoms with E-state index in [9.17, 15) is 13.2 Å². The molecule has 9 nitrogen and oxygen atoms in total. The van der Waals surface area contributed by atoms with Gasteiger partial charge in [0.05, 0.1) is 16.1 Å². The van der Waals surface area contributed by atoms with Gasteiger partial charge in [-0.15, -0.1) is 0 Å². The third kappa shape index (κ3) is 4.18. The van der Waals surface area contributed by atoms with Gasteiger partial charge in [-0.25, -0.2) is 23.1 Å². The predicted octanol–water partition coefficient (Wildman–Crippen LogP) is 2.72. The molecule has 2 aromatic carbocycles. The molecule has 0 aliphatic carbocycles. The first-order chi connectivity index (χ1) is 14.5. The van der Waals surface area contributed by atoms with Crippen LogP contribution in [0.4, 0.5) is 11.4 Å². The van der Waals surface area contributed by atoms with Gasteiger partial charge in [-0.1, -0.05) is 24.3 Å². The number of hydrogen-bond donors (Lipinski definition) is 2. The van der Waals surface area contributed by atoms with Gasteiger partial charge in [0.2, 0.25) is 0 Å². The zero-order chi connectivity index (χ0) is 21.0. The smallest absolute Gasteiger partial charge is 0.261 e. The fourth-order valence-corrected chi connectivity index (χ4v) is 3.82. The van der Waals surface area contributed by atoms with Crippen LogP contribution in [0.25, 0.3) is 5.82 Å². The van der Waals surface area contributed by atoms with Crippen LogP contribution >= 0.6 is 0 Å². The van der Waals surface area contributed by atoms with E-state index in [1.807, 2.05) is 0 Å². The molecule has 0 saturated carbocycles. The lowest BCUT2D eigenvalue weighted by Crippen LogP contribution is -2.17. The van der Waals surface area contributed by atoms with Crippen molar-refractivity contribution in [3.8, 4) is 5.82 Å². The molecule has 30 heavy (non-hydrogen) atoms. The third-order valence-electron chi connectivity index (χ3n) is 4.09. The zero-order valence-electron chi connectivity index (χ0n) is 15.5. The third-order valence-corrected chi connectivity index (χ3v) is 5.49. The first-order valence-corrected chi connectivity index (χ1v) is 10.3. The average Bonchev–Trinajstić information content (AvgIpc) is 3.29. The van der Waals surface area contributed by atoms with Gasteiger partial charge in [-0.2, -0.15) is 5.10 Å². The molecule has 0 aliphatic rings. The van der Waals surface area contributed by atoms with E-state index in [0.29, 0.717) is 22.8 Å². The van der Waals surface area contributed by atoms with Crippen molar-refractivity contribution in [2.75, 3.05) is 10.0 Å². The number of amides is 1. The Kier molecular flexibility index (Phi) is 5.22. The van der Waals surface area contributed by atoms with Gasteiger partial charge in [0.1, 0.15) is 12.7 Å². The number of hydrogen-bond acceptors (Lipinski definition) is 6. The predicted molar refractivity (Wildman–Crippen MR) is 111 cm³/mol. The van der Waals surface area contributed by atoms with Crippen LogP contribution in [0.2, 0.25) is 0 Å². The van der Waals surface area contributed by atoms with Crippen LogP contribution in [0.3, 0.4) is 0 Å². The monoisotopic (exact) mass is 420 g/mol. The summed E-state index contributed by atoms with van der Waals surface area (Å²) in [6.07, 6.45) is 4.34. The molecule has 0 bridgehead atoms. The van der Waals surface area contributed by atoms with Crippen molar-refractivity contribution in [2.24, 2.45) is 0 Å². The largest absolute Gasteiger partial charge is 0.322 e. The summed E-state index contributed by atoms with van der Waals surface area (Å²) >= 11 is 0. The van der Waals surface area contributed by atoms with E-state index in [4.69, 9.17) is 0 Å². The number of benzene rings is 2. The molecule has 4 aromatic rings. The van der Waals surface area contributed by atoms with Gasteiger partial charge in [-0.3, -0.25) is 9.52 Å². The molecular weight excluding hydrogens is 404 g/mol. The number of aromatic nitrogens is 4. The van der Waals surface area contributed by atoms with Crippen LogP contribution in [0.15, 0.2) is 90.5 Å². The summed E-state index contributed by atoms with van der Waals surface area (Å²) in [5.41, 5.74) is 1.03. The van der Waals surface area contributed by atoms with E-state index in [0.717, 1.165) is 0 Å². The van der Waals surface area contributed by atoms with Crippen molar-refractivity contribution in [3.05, 3.63) is 91.1 Å². The van der Waals surface area contributed by atoms with Crippen molar-refractivity contribution >= 4 is 27.3 Å². The summed E-state index contributed by atoms with van der Waals surface area (Å²) in [5, 5.41) is 6.76. The first-order valence-electron chi connectivity index (χ1n) is 8.82. The van der Waals surface area contributed by atoms with Crippen LogP contribution in [-0.2, 0) is 10.0 Å². The van der Waals surface area contributed by atoms with Crippen LogP contribution in [0, 0.1) is 0 Å². The maximum Gasteiger partial charge on any atom is 0.261 e. The quantitative estimate of drug-likeness (QED) is 0.495. The normalized spacial score (nSPS) is 11.1. The van der Waals surface area contributed by atoms with Crippen molar-refractivity contribution in [1.82, 2.24) is 19.7 Å². The second kappa shape index (κ2) is 8.13. The van der Waals surface area contributed by atoms with E-state index in [-0.39, 0.29) is 4.90 Å². The number of anilines is 2. The summed E-state index contributed by atoms with van der Waals surface area (Å²) in [6.45, 7) is 0. The molecule has 0 saturated heterocycles. The van der Waals surface area contributed by atoms with E-state index >= 15 is 0 Å². The fraction of sp³-hybridized carbons (Fsp3) is 0. The highest BCUT2D eigenvalue weighted by atomic mass is 32.2. The number of carbonyl (C=O) groups is 1. The van der Waals surface area contributed by atoms with Gasteiger partial charge in [0, 0.05) is 11.9 Å². The Hall–Kier alpha value is -4.05. The lowest BCUT2D eigenvalue weighted by molar-refractivity contribution is 0.102. The summed E-state index contributed by atoms with van der Waals surface area (Å²) in [5.74, 6) is -0.0925. The first kappa shape index (κ1) is 19.3. The molecule has 10 heteroatoms. The van der Waals surface area contributed by atoms with Crippen LogP contribution in [0.1, 0.15) is 10.4 Å². The maximum absolute atomic E-state index is 12.8. The number of nitrogens with zero attached hydrogens (tertiary/aromatic N) is 4. The number of pyridine rings is 1. The average molecular weight is 420 g/mol. The molecule has 0 radical (unpaired) electrons. The van der Waals surface area contributed by atoms with E-state index in [1.165, 1.54) is 35.5 Å². The minimum Gasteiger partial charge on any atom is -0.322 e. The highest BCUT2D eigenvalue weighted by Gasteiger charge is 2.16. The van der Waals surface area contributed by atoms with E-state index < -0.39 is 15.9 Å². The molecule has 4 rings (SSSR count). The molecule has 2 heterocycles. The topological polar surface area (TPSA) is 119 Å². The van der Waals surface area contributed by atoms with Gasteiger partial charge < -0.3 is 5.32 Å². The fourth-order valence-electron chi connectivity index (χ4n) is 2.75. The zero-order valence-corrected chi connectivity index (χ0v) is 16.3. The number of rotatable bonds is 6. The SMILES string of the molecule is O=C(Nc1cccc(NS(=O)(=O)c2ccccc2)c1)c1cccnc1-n1cncn1. The minimum atomic E-state index is -3.74. The number of carbonyl (C=O) groups excluding carboxylic acids is 1. The van der Waals surface area contributed by atoms with E-state index in [1.54, 1.807) is 54.7 Å². The number of sulfonamides is 1. The summed E-state index contributed by atoms with van der Waals surface area (Å²) in [6, 6.07) is 17.7. The van der Waals surface area contributed by atoms with Crippen molar-refractivity contribution < 1.29 is 13.2 Å². The molecule has 0 unspecified atom stereocenters. The molecular formula is C20H16N6O3S. The summed E-state index contributed by atoms with van der Waals surface area (Å²) in [7, 11) is -3.74. The molecule has 0 spiro atoms. The van der Waals surface area contributed by atoms with Crippen LogP contribution in [0.5, 0.6) is 0 Å². The Labute approximate surface area is 172 Å². The van der Waals surface area contributed by atoms with Gasteiger partial charge in [-0.05, 0) is 42.5 Å². The Bertz CT molecular complexity index is 1270. The molecule has 2 aromatic heterocycles. The highest BCUT2D eigenvalue weighted by molar-refractivity contribution is 7.92. The molecule has 2 N–H and O–H groups in total. The lowest BCUT2D eigenvalue weighted by atomic mass is 10.2. The van der Waals surface area contributed by atoms with Crippen LogP contribution in [-0.4, -0.2) is 34.1 Å². The summed E-state index contributed by atoms with van der Waals surface area (Å²) < 4.78 is 28.9. The van der Waals surface area contributed by atoms with Crippen molar-refractivity contribution in [1.29, 1.82) is 0 Å². The highest BCUT2D eigenvalue weighted by Crippen LogP contribution is 2.20. The molecule has 0 aliphatic heterocycles. The molecule has 0 atom stereocenters. The minimum absolute atomic E-state index is 0.146.